The summed E-state index contributed by atoms with van der Waals surface area (Å²) in [5.41, 5.74) is 2.58. The zero-order valence-electron chi connectivity index (χ0n) is 16.4. The van der Waals surface area contributed by atoms with E-state index < -0.39 is 5.82 Å². The van der Waals surface area contributed by atoms with Crippen LogP contribution in [-0.2, 0) is 4.79 Å². The summed E-state index contributed by atoms with van der Waals surface area (Å²) < 4.78 is 13.5. The van der Waals surface area contributed by atoms with E-state index in [4.69, 9.17) is 0 Å². The van der Waals surface area contributed by atoms with Crippen LogP contribution in [-0.4, -0.2) is 46.5 Å². The standard InChI is InChI=1S/C22H25FN2O2S/c1-4-24(21(27)17-8-6-10-19(23)14-17)11-12-25-20(26)16(3)28-22(25)18-9-5-7-15(2)13-18/h5-10,13-14,16,22H,4,11-12H2,1-3H3/t16-,22+/m1/s1. The van der Waals surface area contributed by atoms with E-state index in [0.717, 1.165) is 11.1 Å². The SMILES string of the molecule is CCN(CCN1C(=O)[C@@H](C)S[C@H]1c1cccc(C)c1)C(=O)c1cccc(F)c1. The van der Waals surface area contributed by atoms with Crippen molar-refractivity contribution in [3.8, 4) is 0 Å². The van der Waals surface area contributed by atoms with Crippen molar-refractivity contribution in [1.29, 1.82) is 0 Å². The number of aryl methyl sites for hydroxylation is 1. The van der Waals surface area contributed by atoms with Crippen LogP contribution in [0.15, 0.2) is 48.5 Å². The number of thioether (sulfide) groups is 1. The minimum absolute atomic E-state index is 0.0506. The van der Waals surface area contributed by atoms with E-state index in [1.54, 1.807) is 22.7 Å². The van der Waals surface area contributed by atoms with Crippen LogP contribution in [0.4, 0.5) is 4.39 Å². The maximum Gasteiger partial charge on any atom is 0.254 e. The largest absolute Gasteiger partial charge is 0.337 e. The molecule has 3 rings (SSSR count). The van der Waals surface area contributed by atoms with E-state index >= 15 is 0 Å². The fourth-order valence-corrected chi connectivity index (χ4v) is 4.72. The lowest BCUT2D eigenvalue weighted by Gasteiger charge is -2.28. The number of hydrogen-bond donors (Lipinski definition) is 0. The summed E-state index contributed by atoms with van der Waals surface area (Å²) in [6.07, 6.45) is 0. The fourth-order valence-electron chi connectivity index (χ4n) is 3.42. The topological polar surface area (TPSA) is 40.6 Å². The number of rotatable bonds is 6. The van der Waals surface area contributed by atoms with E-state index in [9.17, 15) is 14.0 Å². The zero-order valence-corrected chi connectivity index (χ0v) is 17.2. The second-order valence-corrected chi connectivity index (χ2v) is 8.40. The van der Waals surface area contributed by atoms with Crippen molar-refractivity contribution in [2.75, 3.05) is 19.6 Å². The molecule has 0 unspecified atom stereocenters. The maximum absolute atomic E-state index is 13.5. The molecular weight excluding hydrogens is 375 g/mol. The molecule has 0 aliphatic carbocycles. The first-order chi connectivity index (χ1) is 13.4. The summed E-state index contributed by atoms with van der Waals surface area (Å²) in [5, 5.41) is -0.162. The molecule has 2 atom stereocenters. The molecule has 148 valence electrons. The van der Waals surface area contributed by atoms with Crippen molar-refractivity contribution >= 4 is 23.6 Å². The van der Waals surface area contributed by atoms with Crippen molar-refractivity contribution in [1.82, 2.24) is 9.80 Å². The van der Waals surface area contributed by atoms with Crippen molar-refractivity contribution in [3.63, 3.8) is 0 Å². The van der Waals surface area contributed by atoms with E-state index in [-0.39, 0.29) is 22.4 Å². The van der Waals surface area contributed by atoms with Gasteiger partial charge in [0.1, 0.15) is 11.2 Å². The summed E-state index contributed by atoms with van der Waals surface area (Å²) in [6.45, 7) is 7.20. The number of benzene rings is 2. The summed E-state index contributed by atoms with van der Waals surface area (Å²) in [4.78, 5) is 28.9. The van der Waals surface area contributed by atoms with Crippen molar-refractivity contribution in [2.24, 2.45) is 0 Å². The molecule has 1 heterocycles. The summed E-state index contributed by atoms with van der Waals surface area (Å²) in [7, 11) is 0. The fraction of sp³-hybridized carbons (Fsp3) is 0.364. The molecule has 0 aromatic heterocycles. The lowest BCUT2D eigenvalue weighted by atomic mass is 10.1. The van der Waals surface area contributed by atoms with E-state index in [1.807, 2.05) is 43.9 Å². The number of carbonyl (C=O) groups is 2. The van der Waals surface area contributed by atoms with Gasteiger partial charge in [-0.25, -0.2) is 4.39 Å². The van der Waals surface area contributed by atoms with Crippen LogP contribution >= 0.6 is 11.8 Å². The van der Waals surface area contributed by atoms with Crippen LogP contribution in [0.25, 0.3) is 0 Å². The molecule has 0 saturated carbocycles. The van der Waals surface area contributed by atoms with Crippen molar-refractivity contribution in [2.45, 2.75) is 31.4 Å². The Kier molecular flexibility index (Phi) is 6.39. The molecule has 2 aromatic rings. The average Bonchev–Trinajstić information content (AvgIpc) is 2.96. The molecular formula is C22H25FN2O2S. The molecule has 4 nitrogen and oxygen atoms in total. The molecule has 2 aromatic carbocycles. The smallest absolute Gasteiger partial charge is 0.254 e. The van der Waals surface area contributed by atoms with E-state index in [1.165, 1.54) is 18.2 Å². The number of amides is 2. The molecule has 0 spiro atoms. The first kappa shape index (κ1) is 20.4. The predicted molar refractivity (Wildman–Crippen MR) is 111 cm³/mol. The van der Waals surface area contributed by atoms with Crippen LogP contribution in [0.5, 0.6) is 0 Å². The molecule has 0 bridgehead atoms. The Balaban J connectivity index is 1.74. The highest BCUT2D eigenvalue weighted by molar-refractivity contribution is 8.01. The van der Waals surface area contributed by atoms with Gasteiger partial charge in [0.05, 0.1) is 5.25 Å². The Bertz CT molecular complexity index is 873. The van der Waals surface area contributed by atoms with Gasteiger partial charge in [-0.2, -0.15) is 0 Å². The molecule has 1 saturated heterocycles. The summed E-state index contributed by atoms with van der Waals surface area (Å²) >= 11 is 1.63. The number of nitrogens with zero attached hydrogens (tertiary/aromatic N) is 2. The molecule has 1 aliphatic rings. The predicted octanol–water partition coefficient (Wildman–Crippen LogP) is 4.26. The lowest BCUT2D eigenvalue weighted by molar-refractivity contribution is -0.130. The third-order valence-corrected chi connectivity index (χ3v) is 6.32. The molecule has 1 aliphatic heterocycles. The highest BCUT2D eigenvalue weighted by Crippen LogP contribution is 2.42. The maximum atomic E-state index is 13.5. The van der Waals surface area contributed by atoms with Crippen LogP contribution in [0.2, 0.25) is 0 Å². The first-order valence-corrected chi connectivity index (χ1v) is 10.4. The van der Waals surface area contributed by atoms with Gasteiger partial charge in [-0.15, -0.1) is 11.8 Å². The van der Waals surface area contributed by atoms with Gasteiger partial charge in [0.15, 0.2) is 0 Å². The normalized spacial score (nSPS) is 19.1. The van der Waals surface area contributed by atoms with Gasteiger partial charge >= 0.3 is 0 Å². The van der Waals surface area contributed by atoms with Gasteiger partial charge in [0, 0.05) is 25.2 Å². The van der Waals surface area contributed by atoms with Gasteiger partial charge in [-0.1, -0.05) is 35.9 Å². The molecule has 1 fully saturated rings. The van der Waals surface area contributed by atoms with Gasteiger partial charge in [-0.3, -0.25) is 9.59 Å². The van der Waals surface area contributed by atoms with Crippen LogP contribution in [0.1, 0.15) is 40.7 Å². The average molecular weight is 401 g/mol. The molecule has 28 heavy (non-hydrogen) atoms. The molecule has 0 radical (unpaired) electrons. The first-order valence-electron chi connectivity index (χ1n) is 9.48. The van der Waals surface area contributed by atoms with Gasteiger partial charge in [0.2, 0.25) is 5.91 Å². The number of carbonyl (C=O) groups excluding carboxylic acids is 2. The number of halogens is 1. The third kappa shape index (κ3) is 4.38. The molecule has 0 N–H and O–H groups in total. The Labute approximate surface area is 169 Å². The lowest BCUT2D eigenvalue weighted by Crippen LogP contribution is -2.40. The Hall–Kier alpha value is -2.34. The van der Waals surface area contributed by atoms with Crippen LogP contribution in [0, 0.1) is 12.7 Å². The quantitative estimate of drug-likeness (QED) is 0.728. The summed E-state index contributed by atoms with van der Waals surface area (Å²) in [6, 6.07) is 13.9. The Morgan fingerprint density at radius 2 is 1.96 bits per heavy atom. The zero-order chi connectivity index (χ0) is 20.3. The minimum atomic E-state index is -0.429. The van der Waals surface area contributed by atoms with E-state index in [2.05, 4.69) is 6.07 Å². The highest BCUT2D eigenvalue weighted by atomic mass is 32.2. The van der Waals surface area contributed by atoms with E-state index in [0.29, 0.717) is 25.2 Å². The minimum Gasteiger partial charge on any atom is -0.337 e. The van der Waals surface area contributed by atoms with Crippen molar-refractivity contribution in [3.05, 3.63) is 71.0 Å². The number of hydrogen-bond acceptors (Lipinski definition) is 3. The van der Waals surface area contributed by atoms with Gasteiger partial charge in [-0.05, 0) is 44.5 Å². The summed E-state index contributed by atoms with van der Waals surface area (Å²) in [5.74, 6) is -0.562. The molecule has 2 amide bonds. The van der Waals surface area contributed by atoms with Gasteiger partial charge in [0.25, 0.3) is 5.91 Å². The highest BCUT2D eigenvalue weighted by Gasteiger charge is 2.38. The van der Waals surface area contributed by atoms with Crippen LogP contribution in [0.3, 0.4) is 0 Å². The second-order valence-electron chi connectivity index (χ2n) is 6.97. The monoisotopic (exact) mass is 400 g/mol. The van der Waals surface area contributed by atoms with Crippen molar-refractivity contribution < 1.29 is 14.0 Å². The van der Waals surface area contributed by atoms with Gasteiger partial charge < -0.3 is 9.80 Å². The Morgan fingerprint density at radius 3 is 2.64 bits per heavy atom. The Morgan fingerprint density at radius 1 is 1.21 bits per heavy atom. The van der Waals surface area contributed by atoms with Crippen LogP contribution < -0.4 is 0 Å². The molecule has 6 heteroatoms. The number of likely N-dealkylation sites (N-methyl/N-ethyl adjacent to an activating group) is 1. The second kappa shape index (κ2) is 8.78. The third-order valence-electron chi connectivity index (χ3n) is 4.93.